The fourth-order valence-electron chi connectivity index (χ4n) is 1.72. The summed E-state index contributed by atoms with van der Waals surface area (Å²) >= 11 is 5.04. The Hall–Kier alpha value is -1.01. The van der Waals surface area contributed by atoms with E-state index < -0.39 is 10.8 Å². The van der Waals surface area contributed by atoms with Gasteiger partial charge in [-0.3, -0.25) is 9.19 Å². The maximum Gasteiger partial charge on any atom is 0.107 e. The van der Waals surface area contributed by atoms with Crippen LogP contribution in [0, 0.1) is 13.8 Å². The third-order valence-corrected chi connectivity index (χ3v) is 4.05. The molecule has 0 radical (unpaired) electrons. The van der Waals surface area contributed by atoms with Crippen LogP contribution in [0.5, 0.6) is 0 Å². The van der Waals surface area contributed by atoms with Gasteiger partial charge in [-0.2, -0.15) is 0 Å². The van der Waals surface area contributed by atoms with Crippen molar-refractivity contribution in [1.82, 2.24) is 4.98 Å². The molecule has 18 heavy (non-hydrogen) atoms. The van der Waals surface area contributed by atoms with E-state index in [0.29, 0.717) is 23.0 Å². The minimum Gasteiger partial charge on any atom is -0.389 e. The number of nitrogens with two attached hydrogens (primary N) is 1. The zero-order valence-corrected chi connectivity index (χ0v) is 12.6. The van der Waals surface area contributed by atoms with Crippen LogP contribution in [0.25, 0.3) is 0 Å². The van der Waals surface area contributed by atoms with Gasteiger partial charge in [-0.05, 0) is 19.9 Å². The van der Waals surface area contributed by atoms with Gasteiger partial charge in [0.05, 0.1) is 5.56 Å². The van der Waals surface area contributed by atoms with E-state index in [1.807, 2.05) is 26.8 Å². The van der Waals surface area contributed by atoms with Crippen LogP contribution in [0.2, 0.25) is 0 Å². The van der Waals surface area contributed by atoms with E-state index in [-0.39, 0.29) is 0 Å². The van der Waals surface area contributed by atoms with E-state index in [1.165, 1.54) is 0 Å². The number of aromatic nitrogens is 1. The number of nitrogens with zero attached hydrogens (tertiary/aromatic N) is 1. The Kier molecular flexibility index (Phi) is 5.68. The predicted molar refractivity (Wildman–Crippen MR) is 81.6 cm³/mol. The molecule has 0 aromatic carbocycles. The second-order valence-electron chi connectivity index (χ2n) is 4.00. The van der Waals surface area contributed by atoms with Gasteiger partial charge in [-0.15, -0.1) is 0 Å². The fraction of sp³-hybridized carbons (Fsp3) is 0.500. The molecule has 0 aliphatic rings. The van der Waals surface area contributed by atoms with Crippen molar-refractivity contribution in [3.63, 3.8) is 0 Å². The van der Waals surface area contributed by atoms with Crippen LogP contribution in [-0.2, 0) is 10.8 Å². The van der Waals surface area contributed by atoms with Crippen LogP contribution >= 0.6 is 12.2 Å². The molecule has 0 bridgehead atoms. The normalized spacial score (nSPS) is 12.2. The van der Waals surface area contributed by atoms with Crippen molar-refractivity contribution in [3.05, 3.63) is 23.0 Å². The molecule has 3 N–H and O–H groups in total. The molecule has 1 aromatic heterocycles. The molecule has 0 aliphatic carbocycles. The number of nitrogens with one attached hydrogen (secondary N) is 1. The standard InChI is InChI=1S/C12H19N3OS2/c1-4-18(16)6-5-14-10-7-8(2)15-9(3)11(10)12(13)17/h7H,4-6H2,1-3H3,(H2,13,17)(H,14,15). The number of hydrogen-bond donors (Lipinski definition) is 2. The van der Waals surface area contributed by atoms with E-state index in [0.717, 1.165) is 22.6 Å². The van der Waals surface area contributed by atoms with E-state index in [1.54, 1.807) is 0 Å². The quantitative estimate of drug-likeness (QED) is 0.776. The zero-order chi connectivity index (χ0) is 13.7. The topological polar surface area (TPSA) is 68.0 Å². The van der Waals surface area contributed by atoms with Crippen molar-refractivity contribution in [3.8, 4) is 0 Å². The molecular formula is C12H19N3OS2. The molecule has 0 aliphatic heterocycles. The maximum atomic E-state index is 11.4. The summed E-state index contributed by atoms with van der Waals surface area (Å²) in [6.07, 6.45) is 0. The van der Waals surface area contributed by atoms with E-state index in [4.69, 9.17) is 18.0 Å². The third kappa shape index (κ3) is 4.03. The highest BCUT2D eigenvalue weighted by Gasteiger charge is 2.10. The lowest BCUT2D eigenvalue weighted by molar-refractivity contribution is 0.684. The van der Waals surface area contributed by atoms with Gasteiger partial charge < -0.3 is 11.1 Å². The molecule has 1 rings (SSSR count). The van der Waals surface area contributed by atoms with E-state index in [2.05, 4.69) is 10.3 Å². The average Bonchev–Trinajstić information content (AvgIpc) is 2.27. The Morgan fingerprint density at radius 3 is 2.78 bits per heavy atom. The monoisotopic (exact) mass is 285 g/mol. The highest BCUT2D eigenvalue weighted by Crippen LogP contribution is 2.19. The smallest absolute Gasteiger partial charge is 0.107 e. The van der Waals surface area contributed by atoms with Gasteiger partial charge in [0.2, 0.25) is 0 Å². The van der Waals surface area contributed by atoms with Gasteiger partial charge in [-0.25, -0.2) is 0 Å². The Morgan fingerprint density at radius 2 is 2.22 bits per heavy atom. The molecule has 0 saturated carbocycles. The molecule has 1 heterocycles. The highest BCUT2D eigenvalue weighted by atomic mass is 32.2. The lowest BCUT2D eigenvalue weighted by Gasteiger charge is -2.14. The number of pyridine rings is 1. The lowest BCUT2D eigenvalue weighted by atomic mass is 10.1. The van der Waals surface area contributed by atoms with Gasteiger partial charge in [0.1, 0.15) is 4.99 Å². The SMILES string of the molecule is CCS(=O)CCNc1cc(C)nc(C)c1C(N)=S. The second-order valence-corrected chi connectivity index (χ2v) is 6.30. The van der Waals surface area contributed by atoms with Crippen molar-refractivity contribution in [2.24, 2.45) is 5.73 Å². The van der Waals surface area contributed by atoms with Crippen molar-refractivity contribution < 1.29 is 4.21 Å². The van der Waals surface area contributed by atoms with Crippen molar-refractivity contribution in [2.75, 3.05) is 23.4 Å². The third-order valence-electron chi connectivity index (χ3n) is 2.54. The first kappa shape index (κ1) is 15.0. The molecule has 6 heteroatoms. The first-order valence-electron chi connectivity index (χ1n) is 5.82. The first-order valence-corrected chi connectivity index (χ1v) is 7.72. The van der Waals surface area contributed by atoms with Crippen LogP contribution in [0.15, 0.2) is 6.07 Å². The predicted octanol–water partition coefficient (Wildman–Crippen LogP) is 1.51. The summed E-state index contributed by atoms with van der Waals surface area (Å²) in [6.45, 7) is 6.36. The molecule has 0 amide bonds. The minimum atomic E-state index is -0.771. The summed E-state index contributed by atoms with van der Waals surface area (Å²) in [5.41, 5.74) is 9.10. The molecule has 1 atom stereocenters. The van der Waals surface area contributed by atoms with Crippen molar-refractivity contribution in [2.45, 2.75) is 20.8 Å². The van der Waals surface area contributed by atoms with E-state index >= 15 is 0 Å². The van der Waals surface area contributed by atoms with Gasteiger partial charge in [0.25, 0.3) is 0 Å². The van der Waals surface area contributed by atoms with Crippen LogP contribution in [-0.4, -0.2) is 32.2 Å². The van der Waals surface area contributed by atoms with Crippen LogP contribution in [0.3, 0.4) is 0 Å². The summed E-state index contributed by atoms with van der Waals surface area (Å²) in [5.74, 6) is 1.30. The van der Waals surface area contributed by atoms with Gasteiger partial charge in [0, 0.05) is 45.9 Å². The van der Waals surface area contributed by atoms with Crippen molar-refractivity contribution >= 4 is 33.7 Å². The number of thiocarbonyl (C=S) groups is 1. The van der Waals surface area contributed by atoms with Gasteiger partial charge in [-0.1, -0.05) is 19.1 Å². The fourth-order valence-corrected chi connectivity index (χ4v) is 2.60. The van der Waals surface area contributed by atoms with Crippen LogP contribution < -0.4 is 11.1 Å². The van der Waals surface area contributed by atoms with Gasteiger partial charge >= 0.3 is 0 Å². The van der Waals surface area contributed by atoms with Crippen LogP contribution in [0.1, 0.15) is 23.9 Å². The Balaban J connectivity index is 2.87. The molecule has 0 saturated heterocycles. The Morgan fingerprint density at radius 1 is 1.56 bits per heavy atom. The van der Waals surface area contributed by atoms with Gasteiger partial charge in [0.15, 0.2) is 0 Å². The number of hydrogen-bond acceptors (Lipinski definition) is 4. The number of aryl methyl sites for hydroxylation is 2. The summed E-state index contributed by atoms with van der Waals surface area (Å²) in [6, 6.07) is 1.91. The average molecular weight is 285 g/mol. The van der Waals surface area contributed by atoms with E-state index in [9.17, 15) is 4.21 Å². The highest BCUT2D eigenvalue weighted by molar-refractivity contribution is 7.84. The first-order chi connectivity index (χ1) is 8.45. The Bertz CT molecular complexity index is 475. The summed E-state index contributed by atoms with van der Waals surface area (Å²) in [4.78, 5) is 4.68. The number of anilines is 1. The second kappa shape index (κ2) is 6.80. The molecule has 1 unspecified atom stereocenters. The largest absolute Gasteiger partial charge is 0.389 e. The van der Waals surface area contributed by atoms with Crippen LogP contribution in [0.4, 0.5) is 5.69 Å². The molecule has 0 spiro atoms. The lowest BCUT2D eigenvalue weighted by Crippen LogP contribution is -2.19. The molecule has 4 nitrogen and oxygen atoms in total. The Labute approximate surface area is 116 Å². The molecule has 0 fully saturated rings. The summed E-state index contributed by atoms with van der Waals surface area (Å²) in [7, 11) is -0.771. The summed E-state index contributed by atoms with van der Waals surface area (Å²) in [5, 5.41) is 3.24. The molecular weight excluding hydrogens is 266 g/mol. The molecule has 1 aromatic rings. The van der Waals surface area contributed by atoms with Crippen molar-refractivity contribution in [1.29, 1.82) is 0 Å². The minimum absolute atomic E-state index is 0.333. The molecule has 100 valence electrons. The maximum absolute atomic E-state index is 11.4. The number of rotatable bonds is 6. The summed E-state index contributed by atoms with van der Waals surface area (Å²) < 4.78 is 11.4. The zero-order valence-electron chi connectivity index (χ0n) is 10.9.